The second-order valence-electron chi connectivity index (χ2n) is 5.71. The van der Waals surface area contributed by atoms with Crippen LogP contribution in [0, 0.1) is 0 Å². The Morgan fingerprint density at radius 2 is 2.08 bits per heavy atom. The fourth-order valence-corrected chi connectivity index (χ4v) is 3.34. The summed E-state index contributed by atoms with van der Waals surface area (Å²) in [6.45, 7) is 1.28. The first-order valence-corrected chi connectivity index (χ1v) is 8.87. The van der Waals surface area contributed by atoms with Crippen molar-refractivity contribution in [2.45, 2.75) is 11.7 Å². The van der Waals surface area contributed by atoms with Crippen LogP contribution in [0.1, 0.15) is 5.56 Å². The molecule has 0 bridgehead atoms. The van der Waals surface area contributed by atoms with Crippen molar-refractivity contribution in [3.8, 4) is 5.75 Å². The molecule has 25 heavy (non-hydrogen) atoms. The van der Waals surface area contributed by atoms with Crippen molar-refractivity contribution < 1.29 is 19.6 Å². The molecular weight excluding hydrogens is 338 g/mol. The Morgan fingerprint density at radius 1 is 1.28 bits per heavy atom. The van der Waals surface area contributed by atoms with Crippen molar-refractivity contribution in [3.63, 3.8) is 0 Å². The molecule has 0 radical (unpaired) electrons. The van der Waals surface area contributed by atoms with Gasteiger partial charge in [0.15, 0.2) is 0 Å². The third-order valence-electron chi connectivity index (χ3n) is 3.86. The molecule has 0 saturated carbocycles. The predicted molar refractivity (Wildman–Crippen MR) is 98.1 cm³/mol. The highest BCUT2D eigenvalue weighted by Gasteiger charge is 2.35. The van der Waals surface area contributed by atoms with E-state index in [4.69, 9.17) is 4.74 Å². The van der Waals surface area contributed by atoms with E-state index in [1.54, 1.807) is 6.20 Å². The fraction of sp³-hybridized carbons (Fsp3) is 0.278. The predicted octanol–water partition coefficient (Wildman–Crippen LogP) is 0.776. The van der Waals surface area contributed by atoms with Crippen LogP contribution in [0.2, 0.25) is 0 Å². The number of rotatable bonds is 7. The molecule has 1 aromatic carbocycles. The Balaban J connectivity index is 1.46. The minimum atomic E-state index is -0.279. The number of anilines is 1. The Kier molecular flexibility index (Phi) is 5.55. The zero-order chi connectivity index (χ0) is 17.6. The van der Waals surface area contributed by atoms with Gasteiger partial charge in [0.1, 0.15) is 23.4 Å². The number of aliphatic hydroxyl groups excluding tert-OH is 1. The molecule has 0 aliphatic carbocycles. The molecule has 2 heterocycles. The normalized spacial score (nSPS) is 16.6. The van der Waals surface area contributed by atoms with Crippen LogP contribution in [0.3, 0.4) is 0 Å². The lowest BCUT2D eigenvalue weighted by molar-refractivity contribution is -0.379. The van der Waals surface area contributed by atoms with Gasteiger partial charge in [0.25, 0.3) is 0 Å². The van der Waals surface area contributed by atoms with Crippen molar-refractivity contribution in [2.75, 3.05) is 25.1 Å². The van der Waals surface area contributed by atoms with Crippen LogP contribution in [0.4, 0.5) is 5.82 Å². The number of nitrogens with zero attached hydrogens (tertiary/aromatic N) is 2. The highest BCUT2D eigenvalue weighted by atomic mass is 32.2. The monoisotopic (exact) mass is 358 g/mol. The molecule has 2 aromatic rings. The van der Waals surface area contributed by atoms with Gasteiger partial charge in [-0.2, -0.15) is 0 Å². The fourth-order valence-electron chi connectivity index (χ4n) is 2.47. The number of nitrogens with one attached hydrogen (secondary N) is 1. The molecule has 2 N–H and O–H groups in total. The summed E-state index contributed by atoms with van der Waals surface area (Å²) in [5, 5.41) is 9.04. The molecule has 6 nitrogen and oxygen atoms in total. The molecule has 0 saturated heterocycles. The summed E-state index contributed by atoms with van der Waals surface area (Å²) in [4.78, 5) is 20.4. The van der Waals surface area contributed by atoms with E-state index in [0.717, 1.165) is 35.4 Å². The third-order valence-corrected chi connectivity index (χ3v) is 4.85. The number of ether oxygens (including phenoxy) is 1. The van der Waals surface area contributed by atoms with Crippen LogP contribution in [-0.2, 0) is 11.2 Å². The number of likely N-dealkylation sites (N-methyl/N-ethyl adjacent to an activating group) is 1. The molecule has 1 aromatic heterocycles. The Hall–Kier alpha value is -2.54. The Bertz CT molecular complexity index is 750. The summed E-state index contributed by atoms with van der Waals surface area (Å²) in [5.74, 6) is 1.55. The topological polar surface area (TPSA) is 76.6 Å². The van der Waals surface area contributed by atoms with E-state index in [9.17, 15) is 9.90 Å². The van der Waals surface area contributed by atoms with Crippen LogP contribution in [0.15, 0.2) is 48.7 Å². The van der Waals surface area contributed by atoms with Crippen LogP contribution >= 0.6 is 11.8 Å². The summed E-state index contributed by atoms with van der Waals surface area (Å²) >= 11 is 1.16. The maximum Gasteiger partial charge on any atom is 0.405 e. The van der Waals surface area contributed by atoms with Gasteiger partial charge in [-0.1, -0.05) is 18.2 Å². The molecule has 130 valence electrons. The SMILES string of the molecule is CN(CCOc1ccc(CC2SC(O)=[NH+]C2=O)cc1)c1ccccn1. The summed E-state index contributed by atoms with van der Waals surface area (Å²) < 4.78 is 5.76. The molecule has 3 rings (SSSR count). The molecule has 1 amide bonds. The Morgan fingerprint density at radius 3 is 2.72 bits per heavy atom. The number of hydrogen-bond acceptors (Lipinski definition) is 5. The number of amides is 1. The first-order valence-electron chi connectivity index (χ1n) is 7.99. The van der Waals surface area contributed by atoms with Crippen LogP contribution in [0.5, 0.6) is 5.75 Å². The van der Waals surface area contributed by atoms with Crippen molar-refractivity contribution in [1.82, 2.24) is 4.98 Å². The van der Waals surface area contributed by atoms with Gasteiger partial charge in [-0.25, -0.2) is 9.78 Å². The minimum absolute atomic E-state index is 0.0213. The van der Waals surface area contributed by atoms with Gasteiger partial charge in [0.2, 0.25) is 0 Å². The zero-order valence-electron chi connectivity index (χ0n) is 13.9. The summed E-state index contributed by atoms with van der Waals surface area (Å²) in [7, 11) is 1.98. The van der Waals surface area contributed by atoms with E-state index in [2.05, 4.69) is 9.98 Å². The molecule has 1 aliphatic heterocycles. The van der Waals surface area contributed by atoms with Crippen LogP contribution in [-0.4, -0.2) is 46.7 Å². The van der Waals surface area contributed by atoms with Gasteiger partial charge in [-0.05, 0) is 36.2 Å². The number of benzene rings is 1. The molecule has 1 aliphatic rings. The second-order valence-corrected chi connectivity index (χ2v) is 6.90. The number of pyridine rings is 1. The number of carbonyl (C=O) groups excluding carboxylic acids is 1. The molecule has 0 fully saturated rings. The van der Waals surface area contributed by atoms with Gasteiger partial charge in [-0.15, -0.1) is 4.99 Å². The number of aromatic nitrogens is 1. The molecule has 1 atom stereocenters. The van der Waals surface area contributed by atoms with E-state index in [1.165, 1.54) is 0 Å². The largest absolute Gasteiger partial charge is 0.492 e. The molecular formula is C18H20N3O3S+. The summed E-state index contributed by atoms with van der Waals surface area (Å²) in [6, 6.07) is 13.5. The van der Waals surface area contributed by atoms with Gasteiger partial charge in [0.05, 0.1) is 6.54 Å². The lowest BCUT2D eigenvalue weighted by Gasteiger charge is -2.18. The lowest BCUT2D eigenvalue weighted by atomic mass is 10.1. The maximum absolute atomic E-state index is 11.6. The summed E-state index contributed by atoms with van der Waals surface area (Å²) in [6.07, 6.45) is 2.34. The average molecular weight is 358 g/mol. The number of aliphatic hydroxyl groups is 1. The molecule has 0 spiro atoms. The van der Waals surface area contributed by atoms with Gasteiger partial charge < -0.3 is 14.7 Å². The second kappa shape index (κ2) is 8.02. The van der Waals surface area contributed by atoms with Gasteiger partial charge in [0, 0.05) is 25.0 Å². The average Bonchev–Trinajstić information content (AvgIpc) is 2.94. The Labute approximate surface area is 150 Å². The van der Waals surface area contributed by atoms with Crippen LogP contribution < -0.4 is 14.6 Å². The number of carbonyl (C=O) groups is 1. The van der Waals surface area contributed by atoms with E-state index in [0.29, 0.717) is 13.0 Å². The van der Waals surface area contributed by atoms with Gasteiger partial charge >= 0.3 is 11.1 Å². The highest BCUT2D eigenvalue weighted by Crippen LogP contribution is 2.20. The first kappa shape index (κ1) is 17.3. The first-order chi connectivity index (χ1) is 12.1. The van der Waals surface area contributed by atoms with Crippen molar-refractivity contribution in [2.24, 2.45) is 0 Å². The van der Waals surface area contributed by atoms with E-state index in [1.807, 2.05) is 54.4 Å². The zero-order valence-corrected chi connectivity index (χ0v) is 14.7. The molecule has 1 unspecified atom stereocenters. The van der Waals surface area contributed by atoms with E-state index >= 15 is 0 Å². The van der Waals surface area contributed by atoms with E-state index in [-0.39, 0.29) is 16.4 Å². The van der Waals surface area contributed by atoms with Crippen molar-refractivity contribution in [3.05, 3.63) is 54.2 Å². The smallest absolute Gasteiger partial charge is 0.405 e. The van der Waals surface area contributed by atoms with Crippen molar-refractivity contribution >= 4 is 28.7 Å². The van der Waals surface area contributed by atoms with Crippen molar-refractivity contribution in [1.29, 1.82) is 0 Å². The highest BCUT2D eigenvalue weighted by molar-refractivity contribution is 8.14. The lowest BCUT2D eigenvalue weighted by Crippen LogP contribution is -2.75. The maximum atomic E-state index is 11.6. The number of thioether (sulfide) groups is 1. The summed E-state index contributed by atoms with van der Waals surface area (Å²) in [5.41, 5.74) is 1.03. The quantitative estimate of drug-likeness (QED) is 0.762. The molecule has 7 heteroatoms. The van der Waals surface area contributed by atoms with E-state index < -0.39 is 0 Å². The van der Waals surface area contributed by atoms with Gasteiger partial charge in [-0.3, -0.25) is 0 Å². The standard InChI is InChI=1S/C18H19N3O3S/c1-21(16-4-2-3-9-19-16)10-11-24-14-7-5-13(6-8-14)12-15-17(22)20-18(23)25-15/h2-9,15H,10-12H2,1H3,(H,20,22,23)/p+1. The van der Waals surface area contributed by atoms with Crippen LogP contribution in [0.25, 0.3) is 0 Å². The third kappa shape index (κ3) is 4.73. The number of hydrogen-bond donors (Lipinski definition) is 2. The minimum Gasteiger partial charge on any atom is -0.492 e.